The predicted molar refractivity (Wildman–Crippen MR) is 113 cm³/mol. The summed E-state index contributed by atoms with van der Waals surface area (Å²) in [4.78, 5) is 20.6. The van der Waals surface area contributed by atoms with Gasteiger partial charge in [-0.2, -0.15) is 5.10 Å². The number of hydrazine groups is 1. The van der Waals surface area contributed by atoms with Crippen LogP contribution >= 0.6 is 23.2 Å². The molecule has 0 aromatic carbocycles. The predicted octanol–water partition coefficient (Wildman–Crippen LogP) is 3.71. The number of aliphatic hydroxyl groups is 1. The van der Waals surface area contributed by atoms with Gasteiger partial charge in [0.25, 0.3) is 0 Å². The van der Waals surface area contributed by atoms with E-state index >= 15 is 0 Å². The summed E-state index contributed by atoms with van der Waals surface area (Å²) in [6.07, 6.45) is 0. The highest BCUT2D eigenvalue weighted by molar-refractivity contribution is 6.33. The molecule has 154 valence electrons. The summed E-state index contributed by atoms with van der Waals surface area (Å²) in [6, 6.07) is 4.29. The Morgan fingerprint density at radius 1 is 1.21 bits per heavy atom. The fourth-order valence-corrected chi connectivity index (χ4v) is 3.44. The number of carbonyl (C=O) groups excluding carboxylic acids is 1. The zero-order valence-corrected chi connectivity index (χ0v) is 17.6. The summed E-state index contributed by atoms with van der Waals surface area (Å²) < 4.78 is 1.66. The van der Waals surface area contributed by atoms with Crippen LogP contribution in [-0.2, 0) is 6.54 Å². The van der Waals surface area contributed by atoms with Gasteiger partial charge in [-0.3, -0.25) is 10.9 Å². The van der Waals surface area contributed by atoms with Crippen molar-refractivity contribution in [3.05, 3.63) is 39.8 Å². The molecule has 0 fully saturated rings. The number of hydrogen-bond acceptors (Lipinski definition) is 6. The molecule has 0 atom stereocenters. The summed E-state index contributed by atoms with van der Waals surface area (Å²) in [5.41, 5.74) is 8.25. The molecule has 0 aliphatic heterocycles. The van der Waals surface area contributed by atoms with Gasteiger partial charge in [-0.1, -0.05) is 37.0 Å². The number of nitrogens with one attached hydrogen (secondary N) is 3. The van der Waals surface area contributed by atoms with Crippen LogP contribution in [0.4, 0.5) is 16.3 Å². The topological polar surface area (TPSA) is 117 Å². The van der Waals surface area contributed by atoms with E-state index in [1.807, 2.05) is 13.0 Å². The molecule has 3 rings (SSSR count). The van der Waals surface area contributed by atoms with E-state index in [1.54, 1.807) is 4.68 Å². The number of rotatable bonds is 6. The SMILES string of the molecule is Cc1nn(CCO)c2nc(NNC(=O)Nc3cc(Cl)nc(Cl)c3)cc(C(C)C)c12. The second kappa shape index (κ2) is 8.81. The highest BCUT2D eigenvalue weighted by atomic mass is 35.5. The van der Waals surface area contributed by atoms with Crippen LogP contribution in [-0.4, -0.2) is 37.5 Å². The molecular weight excluding hydrogens is 417 g/mol. The quantitative estimate of drug-likeness (QED) is 0.344. The molecule has 0 aliphatic carbocycles. The van der Waals surface area contributed by atoms with E-state index in [1.165, 1.54) is 12.1 Å². The Kier molecular flexibility index (Phi) is 6.41. The largest absolute Gasteiger partial charge is 0.394 e. The number of nitrogens with zero attached hydrogens (tertiary/aromatic N) is 4. The number of halogens is 2. The fraction of sp³-hybridized carbons (Fsp3) is 0.333. The molecule has 0 spiro atoms. The average molecular weight is 438 g/mol. The van der Waals surface area contributed by atoms with E-state index in [0.29, 0.717) is 23.7 Å². The number of aliphatic hydroxyl groups excluding tert-OH is 1. The third-order valence-electron chi connectivity index (χ3n) is 4.17. The van der Waals surface area contributed by atoms with Crippen LogP contribution in [0.1, 0.15) is 31.0 Å². The molecule has 29 heavy (non-hydrogen) atoms. The second-order valence-corrected chi connectivity index (χ2v) is 7.46. The molecule has 4 N–H and O–H groups in total. The van der Waals surface area contributed by atoms with E-state index in [4.69, 9.17) is 23.2 Å². The van der Waals surface area contributed by atoms with E-state index in [9.17, 15) is 9.90 Å². The van der Waals surface area contributed by atoms with E-state index < -0.39 is 6.03 Å². The van der Waals surface area contributed by atoms with E-state index in [-0.39, 0.29) is 22.8 Å². The van der Waals surface area contributed by atoms with Crippen LogP contribution < -0.4 is 16.2 Å². The van der Waals surface area contributed by atoms with Gasteiger partial charge < -0.3 is 10.4 Å². The standard InChI is InChI=1S/C18H21Cl2N7O2/c1-9(2)12-8-15(23-17-16(12)10(3)26-27(17)4-5-28)24-25-18(29)21-11-6-13(19)22-14(20)7-11/h6-9,28H,4-5H2,1-3H3,(H,23,24)(H2,21,22,25,29). The maximum Gasteiger partial charge on any atom is 0.337 e. The third kappa shape index (κ3) is 4.87. The highest BCUT2D eigenvalue weighted by Gasteiger charge is 2.17. The van der Waals surface area contributed by atoms with Gasteiger partial charge in [0.1, 0.15) is 16.1 Å². The van der Waals surface area contributed by atoms with Gasteiger partial charge >= 0.3 is 6.03 Å². The molecule has 0 aliphatic rings. The maximum atomic E-state index is 12.2. The monoisotopic (exact) mass is 437 g/mol. The van der Waals surface area contributed by atoms with Gasteiger partial charge in [-0.05, 0) is 36.6 Å². The lowest BCUT2D eigenvalue weighted by atomic mass is 10.00. The Hall–Kier alpha value is -2.62. The minimum atomic E-state index is -0.531. The van der Waals surface area contributed by atoms with Crippen LogP contribution in [0.3, 0.4) is 0 Å². The Bertz CT molecular complexity index is 1030. The summed E-state index contributed by atoms with van der Waals surface area (Å²) in [7, 11) is 0. The van der Waals surface area contributed by atoms with Crippen molar-refractivity contribution in [2.24, 2.45) is 0 Å². The van der Waals surface area contributed by atoms with Crippen LogP contribution in [0.5, 0.6) is 0 Å². The summed E-state index contributed by atoms with van der Waals surface area (Å²) in [6.45, 7) is 6.32. The third-order valence-corrected chi connectivity index (χ3v) is 4.55. The van der Waals surface area contributed by atoms with Crippen molar-refractivity contribution in [1.29, 1.82) is 0 Å². The van der Waals surface area contributed by atoms with Gasteiger partial charge in [-0.15, -0.1) is 0 Å². The molecule has 9 nitrogen and oxygen atoms in total. The number of aryl methyl sites for hydroxylation is 1. The van der Waals surface area contributed by atoms with E-state index in [2.05, 4.69) is 45.1 Å². The first-order chi connectivity index (χ1) is 13.8. The van der Waals surface area contributed by atoms with Crippen molar-refractivity contribution in [1.82, 2.24) is 25.2 Å². The van der Waals surface area contributed by atoms with E-state index in [0.717, 1.165) is 16.6 Å². The number of amides is 2. The summed E-state index contributed by atoms with van der Waals surface area (Å²) in [5, 5.41) is 17.7. The number of carbonyl (C=O) groups is 1. The van der Waals surface area contributed by atoms with Crippen molar-refractivity contribution in [3.8, 4) is 0 Å². The van der Waals surface area contributed by atoms with Crippen molar-refractivity contribution in [2.45, 2.75) is 33.2 Å². The van der Waals surface area contributed by atoms with Crippen molar-refractivity contribution >= 4 is 51.8 Å². The number of hydrogen-bond donors (Lipinski definition) is 4. The highest BCUT2D eigenvalue weighted by Crippen LogP contribution is 2.29. The number of anilines is 2. The van der Waals surface area contributed by atoms with Crippen molar-refractivity contribution < 1.29 is 9.90 Å². The molecule has 0 saturated heterocycles. The summed E-state index contributed by atoms with van der Waals surface area (Å²) in [5.74, 6) is 0.655. The van der Waals surface area contributed by atoms with Gasteiger partial charge in [0.2, 0.25) is 0 Å². The van der Waals surface area contributed by atoms with Gasteiger partial charge in [0, 0.05) is 11.1 Å². The Morgan fingerprint density at radius 2 is 1.90 bits per heavy atom. The Labute approximate surface area is 177 Å². The molecule has 11 heteroatoms. The average Bonchev–Trinajstić information content (AvgIpc) is 2.94. The fourth-order valence-electron chi connectivity index (χ4n) is 2.98. The molecule has 0 unspecified atom stereocenters. The number of urea groups is 1. The summed E-state index contributed by atoms with van der Waals surface area (Å²) >= 11 is 11.7. The first kappa shape index (κ1) is 21.1. The van der Waals surface area contributed by atoms with Crippen LogP contribution in [0, 0.1) is 6.92 Å². The van der Waals surface area contributed by atoms with Crippen LogP contribution in [0.2, 0.25) is 10.3 Å². The zero-order valence-electron chi connectivity index (χ0n) is 16.1. The first-order valence-corrected chi connectivity index (χ1v) is 9.69. The number of aromatic nitrogens is 4. The van der Waals surface area contributed by atoms with Crippen molar-refractivity contribution in [2.75, 3.05) is 17.3 Å². The lowest BCUT2D eigenvalue weighted by Crippen LogP contribution is -2.34. The molecule has 0 saturated carbocycles. The van der Waals surface area contributed by atoms with Crippen LogP contribution in [0.15, 0.2) is 18.2 Å². The Morgan fingerprint density at radius 3 is 2.52 bits per heavy atom. The molecule has 0 bridgehead atoms. The van der Waals surface area contributed by atoms with Crippen molar-refractivity contribution in [3.63, 3.8) is 0 Å². The second-order valence-electron chi connectivity index (χ2n) is 6.69. The van der Waals surface area contributed by atoms with Gasteiger partial charge in [0.15, 0.2) is 5.65 Å². The molecule has 3 heterocycles. The minimum Gasteiger partial charge on any atom is -0.394 e. The molecule has 3 aromatic heterocycles. The van der Waals surface area contributed by atoms with Gasteiger partial charge in [0.05, 0.1) is 18.8 Å². The molecule has 0 radical (unpaired) electrons. The lowest BCUT2D eigenvalue weighted by molar-refractivity contribution is 0.254. The molecular formula is C18H21Cl2N7O2. The first-order valence-electron chi connectivity index (χ1n) is 8.93. The van der Waals surface area contributed by atoms with Crippen LogP contribution in [0.25, 0.3) is 11.0 Å². The van der Waals surface area contributed by atoms with Gasteiger partial charge in [-0.25, -0.2) is 19.4 Å². The number of pyridine rings is 2. The molecule has 3 aromatic rings. The Balaban J connectivity index is 1.82. The lowest BCUT2D eigenvalue weighted by Gasteiger charge is -2.14. The maximum absolute atomic E-state index is 12.2. The number of fused-ring (bicyclic) bond motifs is 1. The molecule has 2 amide bonds. The smallest absolute Gasteiger partial charge is 0.337 e. The zero-order chi connectivity index (χ0) is 21.1. The normalized spacial score (nSPS) is 11.1. The minimum absolute atomic E-state index is 0.0513.